The molecule has 0 aliphatic carbocycles. The van der Waals surface area contributed by atoms with Crippen molar-refractivity contribution in [3.63, 3.8) is 0 Å². The molecule has 1 nitrogen and oxygen atoms in total. The van der Waals surface area contributed by atoms with Crippen molar-refractivity contribution in [3.8, 4) is 0 Å². The Morgan fingerprint density at radius 1 is 1.20 bits per heavy atom. The summed E-state index contributed by atoms with van der Waals surface area (Å²) in [5.41, 5.74) is 1.45. The molecule has 0 spiro atoms. The van der Waals surface area contributed by atoms with Crippen LogP contribution in [0.1, 0.15) is 38.7 Å². The van der Waals surface area contributed by atoms with E-state index in [0.717, 1.165) is 6.54 Å². The maximum atomic E-state index is 3.55. The molecule has 84 valence electrons. The lowest BCUT2D eigenvalue weighted by molar-refractivity contribution is 0.504. The zero-order chi connectivity index (χ0) is 10.9. The Kier molecular flexibility index (Phi) is 6.10. The molecule has 1 aromatic carbocycles. The fourth-order valence-corrected chi connectivity index (χ4v) is 1.66. The topological polar surface area (TPSA) is 12.0 Å². The third-order valence-electron chi connectivity index (χ3n) is 2.73. The lowest BCUT2D eigenvalue weighted by Crippen LogP contribution is -2.27. The molecule has 15 heavy (non-hydrogen) atoms. The van der Waals surface area contributed by atoms with Gasteiger partial charge in [-0.25, -0.2) is 0 Å². The monoisotopic (exact) mass is 205 g/mol. The molecule has 0 bridgehead atoms. The highest BCUT2D eigenvalue weighted by molar-refractivity contribution is 5.14. The highest BCUT2D eigenvalue weighted by Gasteiger charge is 2.00. The van der Waals surface area contributed by atoms with Crippen molar-refractivity contribution >= 4 is 0 Å². The van der Waals surface area contributed by atoms with Gasteiger partial charge in [-0.2, -0.15) is 0 Å². The van der Waals surface area contributed by atoms with Gasteiger partial charge in [-0.15, -0.1) is 0 Å². The Bertz CT molecular complexity index is 243. The van der Waals surface area contributed by atoms with Crippen LogP contribution in [0.25, 0.3) is 0 Å². The van der Waals surface area contributed by atoms with Crippen molar-refractivity contribution in [3.05, 3.63) is 35.9 Å². The lowest BCUT2D eigenvalue weighted by atomic mass is 10.1. The highest BCUT2D eigenvalue weighted by atomic mass is 14.9. The molecule has 1 heteroatoms. The molecule has 0 aliphatic rings. The van der Waals surface area contributed by atoms with Gasteiger partial charge in [0, 0.05) is 6.04 Å². The number of rotatable bonds is 7. The van der Waals surface area contributed by atoms with Crippen LogP contribution < -0.4 is 5.32 Å². The van der Waals surface area contributed by atoms with Gasteiger partial charge in [-0.3, -0.25) is 0 Å². The van der Waals surface area contributed by atoms with Gasteiger partial charge in [0.2, 0.25) is 0 Å². The summed E-state index contributed by atoms with van der Waals surface area (Å²) in [6, 6.07) is 11.4. The molecule has 1 unspecified atom stereocenters. The summed E-state index contributed by atoms with van der Waals surface area (Å²) in [7, 11) is 0. The number of nitrogens with one attached hydrogen (secondary N) is 1. The van der Waals surface area contributed by atoms with Crippen molar-refractivity contribution in [2.24, 2.45) is 0 Å². The second kappa shape index (κ2) is 7.47. The largest absolute Gasteiger partial charge is 0.314 e. The fraction of sp³-hybridized carbons (Fsp3) is 0.571. The molecule has 0 amide bonds. The molecule has 0 saturated carbocycles. The molecule has 0 aromatic heterocycles. The zero-order valence-corrected chi connectivity index (χ0v) is 10.00. The minimum absolute atomic E-state index is 0.636. The number of aryl methyl sites for hydroxylation is 1. The van der Waals surface area contributed by atoms with Gasteiger partial charge in [0.15, 0.2) is 0 Å². The molecular weight excluding hydrogens is 182 g/mol. The van der Waals surface area contributed by atoms with Gasteiger partial charge in [0.25, 0.3) is 0 Å². The molecule has 1 atom stereocenters. The summed E-state index contributed by atoms with van der Waals surface area (Å²) in [5.74, 6) is 0. The van der Waals surface area contributed by atoms with E-state index in [4.69, 9.17) is 0 Å². The van der Waals surface area contributed by atoms with E-state index in [-0.39, 0.29) is 0 Å². The zero-order valence-electron chi connectivity index (χ0n) is 10.00. The first-order valence-corrected chi connectivity index (χ1v) is 6.10. The van der Waals surface area contributed by atoms with Crippen LogP contribution in [0, 0.1) is 0 Å². The van der Waals surface area contributed by atoms with Gasteiger partial charge in [0.05, 0.1) is 0 Å². The van der Waals surface area contributed by atoms with E-state index in [9.17, 15) is 0 Å². The molecule has 1 N–H and O–H groups in total. The molecular formula is C14H23N. The predicted octanol–water partition coefficient (Wildman–Crippen LogP) is 3.40. The molecule has 0 saturated heterocycles. The third-order valence-corrected chi connectivity index (χ3v) is 2.73. The summed E-state index contributed by atoms with van der Waals surface area (Å²) in [4.78, 5) is 0. The third kappa shape index (κ3) is 5.58. The Labute approximate surface area is 93.9 Å². The van der Waals surface area contributed by atoms with E-state index in [1.165, 1.54) is 31.2 Å². The standard InChI is InChI=1S/C14H23N/c1-3-4-12-15-13(2)10-11-14-8-6-5-7-9-14/h5-9,13,15H,3-4,10-12H2,1-2H3. The van der Waals surface area contributed by atoms with E-state index in [0.29, 0.717) is 6.04 Å². The molecule has 0 fully saturated rings. The van der Waals surface area contributed by atoms with Crippen LogP contribution in [-0.2, 0) is 6.42 Å². The van der Waals surface area contributed by atoms with Crippen LogP contribution in [0.4, 0.5) is 0 Å². The van der Waals surface area contributed by atoms with Gasteiger partial charge >= 0.3 is 0 Å². The van der Waals surface area contributed by atoms with Crippen LogP contribution in [0.15, 0.2) is 30.3 Å². The Balaban J connectivity index is 2.14. The maximum absolute atomic E-state index is 3.55. The first-order valence-electron chi connectivity index (χ1n) is 6.10. The second-order valence-electron chi connectivity index (χ2n) is 4.23. The molecule has 0 heterocycles. The first-order chi connectivity index (χ1) is 7.33. The van der Waals surface area contributed by atoms with Crippen LogP contribution in [-0.4, -0.2) is 12.6 Å². The summed E-state index contributed by atoms with van der Waals surface area (Å²) in [5, 5.41) is 3.55. The van der Waals surface area contributed by atoms with Crippen molar-refractivity contribution in [2.45, 2.75) is 45.6 Å². The van der Waals surface area contributed by atoms with Crippen molar-refractivity contribution in [1.82, 2.24) is 5.32 Å². The minimum atomic E-state index is 0.636. The van der Waals surface area contributed by atoms with Gasteiger partial charge < -0.3 is 5.32 Å². The maximum Gasteiger partial charge on any atom is 0.00418 e. The molecule has 0 radical (unpaired) electrons. The van der Waals surface area contributed by atoms with E-state index in [1.54, 1.807) is 0 Å². The van der Waals surface area contributed by atoms with Crippen molar-refractivity contribution in [2.75, 3.05) is 6.54 Å². The predicted molar refractivity (Wildman–Crippen MR) is 67.1 cm³/mol. The van der Waals surface area contributed by atoms with Crippen molar-refractivity contribution in [1.29, 1.82) is 0 Å². The average molecular weight is 205 g/mol. The second-order valence-corrected chi connectivity index (χ2v) is 4.23. The number of unbranched alkanes of at least 4 members (excludes halogenated alkanes) is 1. The van der Waals surface area contributed by atoms with Gasteiger partial charge in [-0.05, 0) is 38.3 Å². The SMILES string of the molecule is CCCCNC(C)CCc1ccccc1. The van der Waals surface area contributed by atoms with Gasteiger partial charge in [0.1, 0.15) is 0 Å². The normalized spacial score (nSPS) is 12.7. The van der Waals surface area contributed by atoms with Crippen LogP contribution in [0.5, 0.6) is 0 Å². The summed E-state index contributed by atoms with van der Waals surface area (Å²) >= 11 is 0. The quantitative estimate of drug-likeness (QED) is 0.673. The lowest BCUT2D eigenvalue weighted by Gasteiger charge is -2.13. The Hall–Kier alpha value is -0.820. The minimum Gasteiger partial charge on any atom is -0.314 e. The van der Waals surface area contributed by atoms with E-state index in [1.807, 2.05) is 0 Å². The number of hydrogen-bond acceptors (Lipinski definition) is 1. The number of benzene rings is 1. The summed E-state index contributed by atoms with van der Waals surface area (Å²) in [6.07, 6.45) is 4.98. The van der Waals surface area contributed by atoms with Crippen LogP contribution >= 0.6 is 0 Å². The summed E-state index contributed by atoms with van der Waals surface area (Å²) in [6.45, 7) is 5.67. The first kappa shape index (κ1) is 12.3. The van der Waals surface area contributed by atoms with Crippen molar-refractivity contribution < 1.29 is 0 Å². The number of hydrogen-bond donors (Lipinski definition) is 1. The van der Waals surface area contributed by atoms with Gasteiger partial charge in [-0.1, -0.05) is 43.7 Å². The van der Waals surface area contributed by atoms with Crippen LogP contribution in [0.3, 0.4) is 0 Å². The summed E-state index contributed by atoms with van der Waals surface area (Å²) < 4.78 is 0. The van der Waals surface area contributed by atoms with E-state index in [2.05, 4.69) is 49.5 Å². The fourth-order valence-electron chi connectivity index (χ4n) is 1.66. The highest BCUT2D eigenvalue weighted by Crippen LogP contribution is 2.04. The van der Waals surface area contributed by atoms with E-state index < -0.39 is 0 Å². The molecule has 1 aromatic rings. The molecule has 1 rings (SSSR count). The molecule has 0 aliphatic heterocycles. The smallest absolute Gasteiger partial charge is 0.00418 e. The Morgan fingerprint density at radius 3 is 2.60 bits per heavy atom. The van der Waals surface area contributed by atoms with Crippen LogP contribution in [0.2, 0.25) is 0 Å². The average Bonchev–Trinajstić information content (AvgIpc) is 2.28. The Morgan fingerprint density at radius 2 is 1.93 bits per heavy atom. The van der Waals surface area contributed by atoms with E-state index >= 15 is 0 Å².